The van der Waals surface area contributed by atoms with Gasteiger partial charge < -0.3 is 15.0 Å². The molecule has 1 aliphatic heterocycles. The molecule has 1 aromatic carbocycles. The topological polar surface area (TPSA) is 58.6 Å². The molecule has 1 heterocycles. The normalized spacial score (nSPS) is 14.2. The molecule has 24 heavy (non-hydrogen) atoms. The van der Waals surface area contributed by atoms with Gasteiger partial charge in [-0.15, -0.1) is 0 Å². The van der Waals surface area contributed by atoms with Crippen LogP contribution in [0.15, 0.2) is 18.2 Å². The minimum atomic E-state index is -0.159. The van der Waals surface area contributed by atoms with Gasteiger partial charge in [0.2, 0.25) is 5.91 Å². The number of rotatable bonds is 9. The first-order valence-corrected chi connectivity index (χ1v) is 8.97. The highest BCUT2D eigenvalue weighted by molar-refractivity contribution is 6.34. The highest BCUT2D eigenvalue weighted by atomic mass is 35.5. The molecule has 2 rings (SSSR count). The van der Waals surface area contributed by atoms with E-state index in [0.29, 0.717) is 42.4 Å². The average molecular weight is 353 g/mol. The zero-order valence-corrected chi connectivity index (χ0v) is 14.9. The molecular formula is C18H25ClN2O3. The summed E-state index contributed by atoms with van der Waals surface area (Å²) in [5.41, 5.74) is 1.13. The van der Waals surface area contributed by atoms with Gasteiger partial charge in [-0.25, -0.2) is 0 Å². The van der Waals surface area contributed by atoms with Gasteiger partial charge in [-0.2, -0.15) is 0 Å². The van der Waals surface area contributed by atoms with Crippen LogP contribution >= 0.6 is 11.6 Å². The van der Waals surface area contributed by atoms with E-state index in [0.717, 1.165) is 32.3 Å². The minimum absolute atomic E-state index is 0.0543. The van der Waals surface area contributed by atoms with Gasteiger partial charge in [-0.3, -0.25) is 9.59 Å². The van der Waals surface area contributed by atoms with Crippen molar-refractivity contribution in [2.75, 3.05) is 31.2 Å². The minimum Gasteiger partial charge on any atom is -0.381 e. The first-order chi connectivity index (χ1) is 11.6. The molecule has 0 spiro atoms. The number of hydrogen-bond donors (Lipinski definition) is 1. The maximum Gasteiger partial charge on any atom is 0.251 e. The first kappa shape index (κ1) is 18.7. The van der Waals surface area contributed by atoms with Crippen molar-refractivity contribution in [1.29, 1.82) is 0 Å². The van der Waals surface area contributed by atoms with Gasteiger partial charge in [0.15, 0.2) is 0 Å². The molecule has 1 aliphatic rings. The van der Waals surface area contributed by atoms with E-state index in [-0.39, 0.29) is 11.8 Å². The molecule has 0 saturated carbocycles. The summed E-state index contributed by atoms with van der Waals surface area (Å²) in [6.45, 7) is 4.76. The van der Waals surface area contributed by atoms with E-state index in [2.05, 4.69) is 12.2 Å². The molecule has 132 valence electrons. The maximum atomic E-state index is 12.2. The van der Waals surface area contributed by atoms with Crippen molar-refractivity contribution in [1.82, 2.24) is 5.32 Å². The number of anilines is 1. The molecule has 5 nitrogen and oxygen atoms in total. The lowest BCUT2D eigenvalue weighted by atomic mass is 10.1. The summed E-state index contributed by atoms with van der Waals surface area (Å²) in [4.78, 5) is 25.8. The van der Waals surface area contributed by atoms with Gasteiger partial charge in [0.25, 0.3) is 5.91 Å². The number of nitrogens with zero attached hydrogens (tertiary/aromatic N) is 1. The second-order valence-corrected chi connectivity index (χ2v) is 6.30. The highest BCUT2D eigenvalue weighted by Crippen LogP contribution is 2.30. The largest absolute Gasteiger partial charge is 0.381 e. The molecule has 1 aromatic rings. The summed E-state index contributed by atoms with van der Waals surface area (Å²) in [6.07, 6.45) is 4.32. The number of benzene rings is 1. The zero-order chi connectivity index (χ0) is 17.4. The number of nitrogens with one attached hydrogen (secondary N) is 1. The number of amides is 2. The Bertz CT molecular complexity index is 577. The van der Waals surface area contributed by atoms with Crippen LogP contribution in [0.25, 0.3) is 0 Å². The van der Waals surface area contributed by atoms with Gasteiger partial charge in [0.1, 0.15) is 0 Å². The Labute approximate surface area is 148 Å². The van der Waals surface area contributed by atoms with E-state index >= 15 is 0 Å². The predicted octanol–water partition coefficient (Wildman–Crippen LogP) is 3.40. The van der Waals surface area contributed by atoms with E-state index in [1.54, 1.807) is 23.1 Å². The van der Waals surface area contributed by atoms with Crippen LogP contribution in [0.5, 0.6) is 0 Å². The number of carbonyl (C=O) groups excluding carboxylic acids is 2. The van der Waals surface area contributed by atoms with Gasteiger partial charge >= 0.3 is 0 Å². The Hall–Kier alpha value is -1.59. The van der Waals surface area contributed by atoms with Crippen LogP contribution in [0.1, 0.15) is 49.4 Å². The third kappa shape index (κ3) is 5.21. The lowest BCUT2D eigenvalue weighted by Crippen LogP contribution is -2.27. The summed E-state index contributed by atoms with van der Waals surface area (Å²) in [7, 11) is 0. The molecule has 0 unspecified atom stereocenters. The molecule has 0 aromatic heterocycles. The molecular weight excluding hydrogens is 328 g/mol. The number of ether oxygens (including phenoxy) is 1. The van der Waals surface area contributed by atoms with Crippen LogP contribution in [-0.4, -0.2) is 38.1 Å². The Kier molecular flexibility index (Phi) is 7.53. The van der Waals surface area contributed by atoms with Crippen molar-refractivity contribution in [2.45, 2.75) is 39.0 Å². The van der Waals surface area contributed by atoms with E-state index in [1.807, 2.05) is 0 Å². The lowest BCUT2D eigenvalue weighted by Gasteiger charge is -2.18. The van der Waals surface area contributed by atoms with E-state index < -0.39 is 0 Å². The van der Waals surface area contributed by atoms with Crippen molar-refractivity contribution < 1.29 is 14.3 Å². The molecule has 0 atom stereocenters. The van der Waals surface area contributed by atoms with Gasteiger partial charge in [0.05, 0.1) is 10.7 Å². The molecule has 1 fully saturated rings. The van der Waals surface area contributed by atoms with Crippen molar-refractivity contribution >= 4 is 29.1 Å². The fourth-order valence-corrected chi connectivity index (χ4v) is 2.81. The molecule has 6 heteroatoms. The van der Waals surface area contributed by atoms with Crippen LogP contribution in [0.2, 0.25) is 5.02 Å². The van der Waals surface area contributed by atoms with Crippen molar-refractivity contribution in [3.05, 3.63) is 28.8 Å². The van der Waals surface area contributed by atoms with Gasteiger partial charge in [0, 0.05) is 38.3 Å². The Morgan fingerprint density at radius 3 is 2.83 bits per heavy atom. The fourth-order valence-electron chi connectivity index (χ4n) is 2.59. The van der Waals surface area contributed by atoms with Crippen LogP contribution in [0, 0.1) is 0 Å². The van der Waals surface area contributed by atoms with Crippen LogP contribution in [0.3, 0.4) is 0 Å². The molecule has 1 saturated heterocycles. The fraction of sp³-hybridized carbons (Fsp3) is 0.556. The van der Waals surface area contributed by atoms with Gasteiger partial charge in [-0.05, 0) is 37.5 Å². The second-order valence-electron chi connectivity index (χ2n) is 5.89. The summed E-state index contributed by atoms with van der Waals surface area (Å²) >= 11 is 6.19. The van der Waals surface area contributed by atoms with Crippen LogP contribution in [0.4, 0.5) is 5.69 Å². The SMILES string of the molecule is CCCCOCCCNC(=O)c1ccc(Cl)c(N2CCCC2=O)c1. The number of hydrogen-bond acceptors (Lipinski definition) is 3. The summed E-state index contributed by atoms with van der Waals surface area (Å²) in [5.74, 6) is -0.105. The first-order valence-electron chi connectivity index (χ1n) is 8.59. The second kappa shape index (κ2) is 9.64. The number of halogens is 1. The zero-order valence-electron chi connectivity index (χ0n) is 14.1. The molecule has 0 bridgehead atoms. The quantitative estimate of drug-likeness (QED) is 0.693. The molecule has 2 amide bonds. The van der Waals surface area contributed by atoms with Gasteiger partial charge in [-0.1, -0.05) is 24.9 Å². The molecule has 0 radical (unpaired) electrons. The van der Waals surface area contributed by atoms with E-state index in [9.17, 15) is 9.59 Å². The van der Waals surface area contributed by atoms with Crippen molar-refractivity contribution in [2.24, 2.45) is 0 Å². The number of unbranched alkanes of at least 4 members (excludes halogenated alkanes) is 1. The van der Waals surface area contributed by atoms with E-state index in [1.165, 1.54) is 0 Å². The monoisotopic (exact) mass is 352 g/mol. The Balaban J connectivity index is 1.85. The third-order valence-electron chi connectivity index (χ3n) is 3.97. The average Bonchev–Trinajstić information content (AvgIpc) is 3.00. The van der Waals surface area contributed by atoms with Crippen molar-refractivity contribution in [3.63, 3.8) is 0 Å². The Morgan fingerprint density at radius 2 is 2.12 bits per heavy atom. The lowest BCUT2D eigenvalue weighted by molar-refractivity contribution is -0.117. The highest BCUT2D eigenvalue weighted by Gasteiger charge is 2.24. The standard InChI is InChI=1S/C18H25ClN2O3/c1-2-3-11-24-12-5-9-20-18(23)14-7-8-15(19)16(13-14)21-10-4-6-17(21)22/h7-8,13H,2-6,9-12H2,1H3,(H,20,23). The van der Waals surface area contributed by atoms with E-state index in [4.69, 9.17) is 16.3 Å². The van der Waals surface area contributed by atoms with Crippen molar-refractivity contribution in [3.8, 4) is 0 Å². The third-order valence-corrected chi connectivity index (χ3v) is 4.29. The summed E-state index contributed by atoms with van der Waals surface area (Å²) in [5, 5.41) is 3.36. The summed E-state index contributed by atoms with van der Waals surface area (Å²) in [6, 6.07) is 5.04. The number of carbonyl (C=O) groups is 2. The molecule has 0 aliphatic carbocycles. The van der Waals surface area contributed by atoms with Crippen LogP contribution in [-0.2, 0) is 9.53 Å². The maximum absolute atomic E-state index is 12.2. The Morgan fingerprint density at radius 1 is 1.33 bits per heavy atom. The summed E-state index contributed by atoms with van der Waals surface area (Å²) < 4.78 is 5.46. The predicted molar refractivity (Wildman–Crippen MR) is 95.7 cm³/mol. The smallest absolute Gasteiger partial charge is 0.251 e. The molecule has 1 N–H and O–H groups in total. The van der Waals surface area contributed by atoms with Crippen LogP contribution < -0.4 is 10.2 Å².